The molecule has 35 heavy (non-hydrogen) atoms. The first-order chi connectivity index (χ1) is 16.8. The zero-order valence-corrected chi connectivity index (χ0v) is 20.9. The number of carbonyl (C=O) groups excluding carboxylic acids is 2. The molecule has 10 heteroatoms. The number of thiophene rings is 1. The summed E-state index contributed by atoms with van der Waals surface area (Å²) in [6.45, 7) is 8.33. The molecule has 0 aliphatic heterocycles. The monoisotopic (exact) mass is 493 g/mol. The van der Waals surface area contributed by atoms with Gasteiger partial charge >= 0.3 is 5.97 Å². The van der Waals surface area contributed by atoms with Gasteiger partial charge in [-0.15, -0.1) is 11.3 Å². The summed E-state index contributed by atoms with van der Waals surface area (Å²) in [5.41, 5.74) is 4.07. The highest BCUT2D eigenvalue weighted by atomic mass is 32.1. The lowest BCUT2D eigenvalue weighted by Crippen LogP contribution is -2.32. The van der Waals surface area contributed by atoms with Gasteiger partial charge in [-0.3, -0.25) is 18.8 Å². The van der Waals surface area contributed by atoms with Crippen LogP contribution in [0.25, 0.3) is 10.2 Å². The van der Waals surface area contributed by atoms with Gasteiger partial charge in [0.05, 0.1) is 30.6 Å². The van der Waals surface area contributed by atoms with E-state index in [1.807, 2.05) is 48.9 Å². The number of benzene rings is 1. The summed E-state index contributed by atoms with van der Waals surface area (Å²) in [5, 5.41) is 7.84. The van der Waals surface area contributed by atoms with Gasteiger partial charge < -0.3 is 10.1 Å². The number of hydrogen-bond acceptors (Lipinski definition) is 7. The summed E-state index contributed by atoms with van der Waals surface area (Å²) in [7, 11) is 0. The van der Waals surface area contributed by atoms with E-state index in [-0.39, 0.29) is 24.6 Å². The van der Waals surface area contributed by atoms with Crippen LogP contribution in [0.2, 0.25) is 0 Å². The van der Waals surface area contributed by atoms with Crippen molar-refractivity contribution in [3.8, 4) is 0 Å². The Morgan fingerprint density at radius 3 is 2.60 bits per heavy atom. The molecular weight excluding hydrogens is 466 g/mol. The molecule has 4 aromatic rings. The van der Waals surface area contributed by atoms with Crippen molar-refractivity contribution in [2.45, 2.75) is 47.3 Å². The van der Waals surface area contributed by atoms with E-state index < -0.39 is 5.97 Å². The number of ether oxygens (including phenoxy) is 1. The zero-order chi connectivity index (χ0) is 25.1. The van der Waals surface area contributed by atoms with Crippen LogP contribution in [0.1, 0.15) is 44.7 Å². The molecule has 0 fully saturated rings. The summed E-state index contributed by atoms with van der Waals surface area (Å²) >= 11 is 1.12. The molecule has 4 rings (SSSR count). The number of nitrogens with zero attached hydrogens (tertiary/aromatic N) is 4. The molecule has 0 unspecified atom stereocenters. The Morgan fingerprint density at radius 1 is 1.14 bits per heavy atom. The van der Waals surface area contributed by atoms with Crippen LogP contribution in [0.15, 0.2) is 41.5 Å². The molecule has 0 saturated carbocycles. The van der Waals surface area contributed by atoms with Crippen LogP contribution in [-0.2, 0) is 29.2 Å². The summed E-state index contributed by atoms with van der Waals surface area (Å²) in [5.74, 6) is -0.795. The first kappa shape index (κ1) is 24.3. The maximum absolute atomic E-state index is 13.0. The molecule has 1 aromatic carbocycles. The van der Waals surface area contributed by atoms with E-state index in [0.717, 1.165) is 33.9 Å². The summed E-state index contributed by atoms with van der Waals surface area (Å²) in [6, 6.07) is 10.1. The molecule has 1 amide bonds. The fourth-order valence-corrected chi connectivity index (χ4v) is 4.99. The van der Waals surface area contributed by atoms with E-state index >= 15 is 0 Å². The molecule has 0 bridgehead atoms. The molecule has 9 nitrogen and oxygen atoms in total. The third-order valence-electron chi connectivity index (χ3n) is 5.86. The van der Waals surface area contributed by atoms with Crippen molar-refractivity contribution in [1.82, 2.24) is 24.6 Å². The second kappa shape index (κ2) is 10.2. The highest BCUT2D eigenvalue weighted by Gasteiger charge is 2.21. The second-order valence-electron chi connectivity index (χ2n) is 8.20. The van der Waals surface area contributed by atoms with Crippen LogP contribution in [-0.4, -0.2) is 37.8 Å². The maximum atomic E-state index is 13.0. The number of rotatable bonds is 8. The Labute approximate surface area is 206 Å². The van der Waals surface area contributed by atoms with Crippen molar-refractivity contribution < 1.29 is 14.3 Å². The molecule has 0 aliphatic rings. The molecule has 3 heterocycles. The minimum absolute atomic E-state index is 0.179. The number of hydrogen-bond donors (Lipinski definition) is 1. The molecule has 0 spiro atoms. The number of nitrogens with one attached hydrogen (secondary N) is 1. The first-order valence-corrected chi connectivity index (χ1v) is 12.1. The van der Waals surface area contributed by atoms with E-state index in [1.54, 1.807) is 13.8 Å². The maximum Gasteiger partial charge on any atom is 0.348 e. The minimum atomic E-state index is -0.477. The molecule has 0 aliphatic carbocycles. The molecule has 1 N–H and O–H groups in total. The van der Waals surface area contributed by atoms with Crippen molar-refractivity contribution in [3.05, 3.63) is 80.0 Å². The summed E-state index contributed by atoms with van der Waals surface area (Å²) in [4.78, 5) is 43.0. The molecule has 0 saturated heterocycles. The fraction of sp³-hybridized carbons (Fsp3) is 0.320. The van der Waals surface area contributed by atoms with Crippen LogP contribution in [0.4, 0.5) is 0 Å². The highest BCUT2D eigenvalue weighted by molar-refractivity contribution is 7.20. The number of amides is 1. The predicted octanol–water partition coefficient (Wildman–Crippen LogP) is 3.12. The smallest absolute Gasteiger partial charge is 0.348 e. The third-order valence-corrected chi connectivity index (χ3v) is 7.04. The molecule has 182 valence electrons. The lowest BCUT2D eigenvalue weighted by molar-refractivity contribution is -0.121. The fourth-order valence-electron chi connectivity index (χ4n) is 3.96. The van der Waals surface area contributed by atoms with Gasteiger partial charge in [0.25, 0.3) is 5.56 Å². The van der Waals surface area contributed by atoms with Crippen molar-refractivity contribution in [1.29, 1.82) is 0 Å². The van der Waals surface area contributed by atoms with Gasteiger partial charge in [0.2, 0.25) is 5.91 Å². The van der Waals surface area contributed by atoms with Crippen LogP contribution < -0.4 is 10.9 Å². The normalized spacial score (nSPS) is 11.1. The average molecular weight is 494 g/mol. The van der Waals surface area contributed by atoms with Gasteiger partial charge in [0, 0.05) is 17.8 Å². The summed E-state index contributed by atoms with van der Waals surface area (Å²) in [6.07, 6.45) is 1.34. The quantitative estimate of drug-likeness (QED) is 0.378. The minimum Gasteiger partial charge on any atom is -0.462 e. The zero-order valence-electron chi connectivity index (χ0n) is 20.1. The highest BCUT2D eigenvalue weighted by Crippen LogP contribution is 2.27. The summed E-state index contributed by atoms with van der Waals surface area (Å²) < 4.78 is 8.25. The van der Waals surface area contributed by atoms with Crippen molar-refractivity contribution in [2.24, 2.45) is 0 Å². The standard InChI is InChI=1S/C25H27N5O4S/c1-5-34-25(33)22-15(2)21-23(35-22)27-14-29(24(21)32)13-20(31)26-11-19-16(3)28-30(17(19)4)12-18-9-7-6-8-10-18/h6-10,14H,5,11-13H2,1-4H3,(H,26,31). The topological polar surface area (TPSA) is 108 Å². The Bertz CT molecular complexity index is 1450. The second-order valence-corrected chi connectivity index (χ2v) is 9.20. The Kier molecular flexibility index (Phi) is 7.11. The van der Waals surface area contributed by atoms with Crippen molar-refractivity contribution >= 4 is 33.4 Å². The molecular formula is C25H27N5O4S. The lowest BCUT2D eigenvalue weighted by atomic mass is 10.2. The van der Waals surface area contributed by atoms with Gasteiger partial charge in [-0.2, -0.15) is 5.10 Å². The van der Waals surface area contributed by atoms with Gasteiger partial charge in [0.1, 0.15) is 16.3 Å². The van der Waals surface area contributed by atoms with E-state index in [0.29, 0.717) is 33.7 Å². The van der Waals surface area contributed by atoms with E-state index in [1.165, 1.54) is 10.9 Å². The number of aromatic nitrogens is 4. The molecule has 3 aromatic heterocycles. The number of esters is 1. The van der Waals surface area contributed by atoms with Gasteiger partial charge in [0.15, 0.2) is 0 Å². The Hall–Kier alpha value is -3.79. The van der Waals surface area contributed by atoms with Gasteiger partial charge in [-0.1, -0.05) is 30.3 Å². The SMILES string of the molecule is CCOC(=O)c1sc2ncn(CC(=O)NCc3c(C)nn(Cc4ccccc4)c3C)c(=O)c2c1C. The van der Waals surface area contributed by atoms with E-state index in [9.17, 15) is 14.4 Å². The Morgan fingerprint density at radius 2 is 1.89 bits per heavy atom. The largest absolute Gasteiger partial charge is 0.462 e. The number of aryl methyl sites for hydroxylation is 2. The van der Waals surface area contributed by atoms with Crippen LogP contribution in [0.5, 0.6) is 0 Å². The third kappa shape index (κ3) is 5.02. The number of fused-ring (bicyclic) bond motifs is 1. The Balaban J connectivity index is 1.47. The number of carbonyl (C=O) groups is 2. The lowest BCUT2D eigenvalue weighted by Gasteiger charge is -2.09. The molecule has 0 radical (unpaired) electrons. The van der Waals surface area contributed by atoms with Gasteiger partial charge in [-0.25, -0.2) is 9.78 Å². The van der Waals surface area contributed by atoms with Crippen molar-refractivity contribution in [2.75, 3.05) is 6.61 Å². The van der Waals surface area contributed by atoms with Crippen molar-refractivity contribution in [3.63, 3.8) is 0 Å². The first-order valence-electron chi connectivity index (χ1n) is 11.3. The van der Waals surface area contributed by atoms with E-state index in [2.05, 4.69) is 15.4 Å². The predicted molar refractivity (Wildman–Crippen MR) is 134 cm³/mol. The van der Waals surface area contributed by atoms with Gasteiger partial charge in [-0.05, 0) is 38.8 Å². The van der Waals surface area contributed by atoms with Crippen LogP contribution >= 0.6 is 11.3 Å². The van der Waals surface area contributed by atoms with Crippen LogP contribution in [0.3, 0.4) is 0 Å². The molecule has 0 atom stereocenters. The van der Waals surface area contributed by atoms with E-state index in [4.69, 9.17) is 4.74 Å². The average Bonchev–Trinajstić information content (AvgIpc) is 3.31. The van der Waals surface area contributed by atoms with Crippen LogP contribution in [0, 0.1) is 20.8 Å².